The summed E-state index contributed by atoms with van der Waals surface area (Å²) in [5, 5.41) is 12.4. The molecule has 102 valence electrons. The topological polar surface area (TPSA) is 66.4 Å². The first kappa shape index (κ1) is 13.7. The third kappa shape index (κ3) is 2.51. The van der Waals surface area contributed by atoms with Crippen LogP contribution in [0.5, 0.6) is 0 Å². The summed E-state index contributed by atoms with van der Waals surface area (Å²) in [6.07, 6.45) is 4.27. The maximum atomic E-state index is 12.2. The normalized spacial score (nSPS) is 36.3. The average Bonchev–Trinajstić information content (AvgIpc) is 2.85. The van der Waals surface area contributed by atoms with Crippen molar-refractivity contribution in [2.24, 2.45) is 11.8 Å². The van der Waals surface area contributed by atoms with Crippen LogP contribution in [0.1, 0.15) is 39.0 Å². The quantitative estimate of drug-likeness (QED) is 0.822. The van der Waals surface area contributed by atoms with E-state index in [1.165, 1.54) is 0 Å². The van der Waals surface area contributed by atoms with Crippen LogP contribution in [-0.4, -0.2) is 34.0 Å². The molecule has 0 aromatic heterocycles. The number of nitrogens with one attached hydrogen (secondary N) is 1. The molecule has 2 rings (SSSR count). The van der Waals surface area contributed by atoms with E-state index in [9.17, 15) is 14.7 Å². The van der Waals surface area contributed by atoms with Crippen molar-refractivity contribution in [1.82, 2.24) is 5.32 Å². The van der Waals surface area contributed by atoms with Gasteiger partial charge in [-0.25, -0.2) is 4.79 Å². The Morgan fingerprint density at radius 3 is 2.67 bits per heavy atom. The fourth-order valence-electron chi connectivity index (χ4n) is 2.97. The van der Waals surface area contributed by atoms with E-state index in [-0.39, 0.29) is 17.7 Å². The molecule has 2 fully saturated rings. The molecule has 0 radical (unpaired) electrons. The van der Waals surface area contributed by atoms with Crippen molar-refractivity contribution in [3.05, 3.63) is 0 Å². The van der Waals surface area contributed by atoms with Crippen LogP contribution in [0.25, 0.3) is 0 Å². The van der Waals surface area contributed by atoms with Crippen LogP contribution in [0.15, 0.2) is 0 Å². The fraction of sp³-hybridized carbons (Fsp3) is 0.846. The molecule has 1 saturated heterocycles. The molecule has 5 heteroatoms. The second-order valence-corrected chi connectivity index (χ2v) is 6.62. The Labute approximate surface area is 112 Å². The van der Waals surface area contributed by atoms with Crippen LogP contribution in [0, 0.1) is 11.8 Å². The lowest BCUT2D eigenvalue weighted by Crippen LogP contribution is -2.61. The van der Waals surface area contributed by atoms with E-state index in [2.05, 4.69) is 5.32 Å². The number of hydrogen-bond donors (Lipinski definition) is 2. The molecule has 1 saturated carbocycles. The molecule has 0 aromatic carbocycles. The highest BCUT2D eigenvalue weighted by molar-refractivity contribution is 7.99. The molecule has 4 nitrogen and oxygen atoms in total. The van der Waals surface area contributed by atoms with Crippen molar-refractivity contribution >= 4 is 23.6 Å². The van der Waals surface area contributed by atoms with Gasteiger partial charge in [0.25, 0.3) is 0 Å². The van der Waals surface area contributed by atoms with Crippen LogP contribution in [0.2, 0.25) is 0 Å². The van der Waals surface area contributed by atoms with Gasteiger partial charge >= 0.3 is 5.97 Å². The molecule has 0 bridgehead atoms. The highest BCUT2D eigenvalue weighted by Gasteiger charge is 2.47. The summed E-state index contributed by atoms with van der Waals surface area (Å²) < 4.78 is 0. The highest BCUT2D eigenvalue weighted by Crippen LogP contribution is 2.35. The first-order chi connectivity index (χ1) is 8.56. The minimum atomic E-state index is -1.03. The third-order valence-corrected chi connectivity index (χ3v) is 5.49. The molecule has 1 heterocycles. The summed E-state index contributed by atoms with van der Waals surface area (Å²) in [4.78, 5) is 23.8. The molecule has 2 N–H and O–H groups in total. The number of amides is 1. The number of thioether (sulfide) groups is 1. The van der Waals surface area contributed by atoms with E-state index in [1.807, 2.05) is 6.92 Å². The van der Waals surface area contributed by atoms with E-state index < -0.39 is 11.5 Å². The number of carbonyl (C=O) groups excluding carboxylic acids is 1. The SMILES string of the molecule is CC1CCCCC1(NC(=O)C1CCSC1)C(=O)O. The van der Waals surface area contributed by atoms with Crippen LogP contribution >= 0.6 is 11.8 Å². The standard InChI is InChI=1S/C13H21NO3S/c1-9-4-2-3-6-13(9,12(16)17)14-11(15)10-5-7-18-8-10/h9-10H,2-8H2,1H3,(H,14,15)(H,16,17). The Morgan fingerprint density at radius 2 is 2.11 bits per heavy atom. The number of hydrogen-bond acceptors (Lipinski definition) is 3. The van der Waals surface area contributed by atoms with Crippen molar-refractivity contribution in [3.63, 3.8) is 0 Å². The predicted molar refractivity (Wildman–Crippen MR) is 71.6 cm³/mol. The van der Waals surface area contributed by atoms with Gasteiger partial charge in [-0.3, -0.25) is 4.79 Å². The largest absolute Gasteiger partial charge is 0.479 e. The molecule has 2 aliphatic rings. The van der Waals surface area contributed by atoms with Gasteiger partial charge < -0.3 is 10.4 Å². The van der Waals surface area contributed by atoms with E-state index in [0.29, 0.717) is 6.42 Å². The van der Waals surface area contributed by atoms with Crippen LogP contribution in [0.4, 0.5) is 0 Å². The molecule has 18 heavy (non-hydrogen) atoms. The summed E-state index contributed by atoms with van der Waals surface area (Å²) >= 11 is 1.77. The summed E-state index contributed by atoms with van der Waals surface area (Å²) in [5.74, 6) is 0.927. The zero-order valence-electron chi connectivity index (χ0n) is 10.8. The van der Waals surface area contributed by atoms with Gasteiger partial charge in [0.1, 0.15) is 5.54 Å². The number of rotatable bonds is 3. The summed E-state index contributed by atoms with van der Waals surface area (Å²) in [7, 11) is 0. The highest BCUT2D eigenvalue weighted by atomic mass is 32.2. The fourth-order valence-corrected chi connectivity index (χ4v) is 4.19. The Kier molecular flexibility index (Phi) is 4.20. The minimum Gasteiger partial charge on any atom is -0.479 e. The predicted octanol–water partition coefficient (Wildman–Crippen LogP) is 1.89. The number of aliphatic carboxylic acids is 1. The van der Waals surface area contributed by atoms with E-state index >= 15 is 0 Å². The smallest absolute Gasteiger partial charge is 0.329 e. The van der Waals surface area contributed by atoms with E-state index in [0.717, 1.165) is 37.2 Å². The first-order valence-corrected chi connectivity index (χ1v) is 7.85. The van der Waals surface area contributed by atoms with Crippen LogP contribution < -0.4 is 5.32 Å². The molecule has 1 aliphatic carbocycles. The van der Waals surface area contributed by atoms with Gasteiger partial charge in [-0.2, -0.15) is 11.8 Å². The second kappa shape index (κ2) is 5.51. The zero-order valence-corrected chi connectivity index (χ0v) is 11.6. The molecule has 0 spiro atoms. The summed E-state index contributed by atoms with van der Waals surface area (Å²) in [5.41, 5.74) is -1.03. The van der Waals surface area contributed by atoms with E-state index in [1.54, 1.807) is 11.8 Å². The molecule has 3 atom stereocenters. The first-order valence-electron chi connectivity index (χ1n) is 6.69. The number of carbonyl (C=O) groups is 2. The van der Waals surface area contributed by atoms with Gasteiger partial charge in [-0.15, -0.1) is 0 Å². The summed E-state index contributed by atoms with van der Waals surface area (Å²) in [6, 6.07) is 0. The Morgan fingerprint density at radius 1 is 1.33 bits per heavy atom. The zero-order chi connectivity index (χ0) is 13.2. The van der Waals surface area contributed by atoms with Gasteiger partial charge in [-0.1, -0.05) is 19.8 Å². The minimum absolute atomic E-state index is 0.000325. The Balaban J connectivity index is 2.10. The lowest BCUT2D eigenvalue weighted by molar-refractivity contribution is -0.152. The second-order valence-electron chi connectivity index (χ2n) is 5.47. The number of carboxylic acids is 1. The van der Waals surface area contributed by atoms with Gasteiger partial charge in [0.15, 0.2) is 0 Å². The van der Waals surface area contributed by atoms with Crippen LogP contribution in [0.3, 0.4) is 0 Å². The maximum Gasteiger partial charge on any atom is 0.329 e. The molecule has 0 aromatic rings. The molecular formula is C13H21NO3S. The monoisotopic (exact) mass is 271 g/mol. The van der Waals surface area contributed by atoms with Gasteiger partial charge in [0.2, 0.25) is 5.91 Å². The molecule has 1 amide bonds. The van der Waals surface area contributed by atoms with Crippen molar-refractivity contribution < 1.29 is 14.7 Å². The third-order valence-electron chi connectivity index (χ3n) is 4.33. The molecular weight excluding hydrogens is 250 g/mol. The lowest BCUT2D eigenvalue weighted by Gasteiger charge is -2.40. The van der Waals surface area contributed by atoms with Gasteiger partial charge in [-0.05, 0) is 30.9 Å². The maximum absolute atomic E-state index is 12.2. The Hall–Kier alpha value is -0.710. The summed E-state index contributed by atoms with van der Waals surface area (Å²) in [6.45, 7) is 1.94. The molecule has 3 unspecified atom stereocenters. The van der Waals surface area contributed by atoms with Crippen molar-refractivity contribution in [2.75, 3.05) is 11.5 Å². The van der Waals surface area contributed by atoms with E-state index in [4.69, 9.17) is 0 Å². The van der Waals surface area contributed by atoms with Crippen molar-refractivity contribution in [2.45, 2.75) is 44.6 Å². The lowest BCUT2D eigenvalue weighted by atomic mass is 9.73. The molecule has 1 aliphatic heterocycles. The number of carboxylic acid groups (broad SMARTS) is 1. The Bertz CT molecular complexity index is 341. The van der Waals surface area contributed by atoms with Crippen molar-refractivity contribution in [1.29, 1.82) is 0 Å². The van der Waals surface area contributed by atoms with Crippen LogP contribution in [-0.2, 0) is 9.59 Å². The average molecular weight is 271 g/mol. The van der Waals surface area contributed by atoms with Gasteiger partial charge in [0.05, 0.1) is 0 Å². The van der Waals surface area contributed by atoms with Gasteiger partial charge in [0, 0.05) is 11.7 Å². The van der Waals surface area contributed by atoms with Crippen molar-refractivity contribution in [3.8, 4) is 0 Å².